The molecule has 0 bridgehead atoms. The van der Waals surface area contributed by atoms with Crippen molar-refractivity contribution in [2.24, 2.45) is 0 Å². The summed E-state index contributed by atoms with van der Waals surface area (Å²) >= 11 is 0. The van der Waals surface area contributed by atoms with Crippen molar-refractivity contribution in [2.75, 3.05) is 6.54 Å². The van der Waals surface area contributed by atoms with Crippen molar-refractivity contribution < 1.29 is 27.5 Å². The van der Waals surface area contributed by atoms with E-state index in [1.807, 2.05) is 4.57 Å². The van der Waals surface area contributed by atoms with Crippen LogP contribution in [-0.2, 0) is 19.1 Å². The molecule has 28 heavy (non-hydrogen) atoms. The van der Waals surface area contributed by atoms with E-state index in [2.05, 4.69) is 4.98 Å². The first-order chi connectivity index (χ1) is 13.3. The summed E-state index contributed by atoms with van der Waals surface area (Å²) in [5.41, 5.74) is -0.211. The molecule has 2 aliphatic rings. The zero-order chi connectivity index (χ0) is 20.1. The number of benzene rings is 1. The third kappa shape index (κ3) is 3.45. The third-order valence-corrected chi connectivity index (χ3v) is 5.43. The molecule has 1 aliphatic heterocycles. The molecule has 0 spiro atoms. The number of nitrogens with zero attached hydrogens (tertiary/aromatic N) is 3. The second kappa shape index (κ2) is 6.79. The third-order valence-electron chi connectivity index (χ3n) is 5.43. The lowest BCUT2D eigenvalue weighted by molar-refractivity contribution is -0.140. The highest BCUT2D eigenvalue weighted by Crippen LogP contribution is 2.42. The number of rotatable bonds is 4. The number of imidazole rings is 1. The molecule has 0 radical (unpaired) electrons. The largest absolute Gasteiger partial charge is 0.465 e. The van der Waals surface area contributed by atoms with Crippen molar-refractivity contribution >= 4 is 6.09 Å². The molecule has 1 saturated carbocycles. The molecule has 1 fully saturated rings. The Morgan fingerprint density at radius 3 is 2.64 bits per heavy atom. The molecule has 1 N–H and O–H groups in total. The van der Waals surface area contributed by atoms with Crippen LogP contribution < -0.4 is 0 Å². The average molecular weight is 397 g/mol. The zero-order valence-electron chi connectivity index (χ0n) is 14.9. The number of alkyl halides is 3. The van der Waals surface area contributed by atoms with Crippen LogP contribution in [-0.4, -0.2) is 32.2 Å². The van der Waals surface area contributed by atoms with Crippen molar-refractivity contribution in [1.29, 1.82) is 0 Å². The van der Waals surface area contributed by atoms with Gasteiger partial charge in [0.2, 0.25) is 0 Å². The van der Waals surface area contributed by atoms with Crippen molar-refractivity contribution in [2.45, 2.75) is 50.4 Å². The van der Waals surface area contributed by atoms with Gasteiger partial charge in [0.25, 0.3) is 0 Å². The van der Waals surface area contributed by atoms with Gasteiger partial charge >= 0.3 is 12.3 Å². The number of fused-ring (bicyclic) bond motifs is 1. The second-order valence-corrected chi connectivity index (χ2v) is 7.31. The molecule has 1 amide bonds. The number of halogens is 4. The summed E-state index contributed by atoms with van der Waals surface area (Å²) < 4.78 is 54.3. The summed E-state index contributed by atoms with van der Waals surface area (Å²) in [5.74, 6) is 0.0663. The van der Waals surface area contributed by atoms with Crippen LogP contribution in [0.3, 0.4) is 0 Å². The molecule has 1 unspecified atom stereocenters. The minimum absolute atomic E-state index is 0.196. The molecule has 1 aromatic carbocycles. The van der Waals surface area contributed by atoms with Crippen LogP contribution in [0.5, 0.6) is 0 Å². The fourth-order valence-electron chi connectivity index (χ4n) is 3.89. The molecule has 1 atom stereocenters. The minimum atomic E-state index is -4.77. The van der Waals surface area contributed by atoms with Gasteiger partial charge < -0.3 is 9.67 Å². The average Bonchev–Trinajstić information content (AvgIpc) is 3.38. The highest BCUT2D eigenvalue weighted by molar-refractivity contribution is 5.66. The lowest BCUT2D eigenvalue weighted by Gasteiger charge is -2.35. The van der Waals surface area contributed by atoms with E-state index in [0.29, 0.717) is 31.0 Å². The number of aryl methyl sites for hydroxylation is 1. The predicted octanol–water partition coefficient (Wildman–Crippen LogP) is 4.59. The molecule has 5 nitrogen and oxygen atoms in total. The Kier molecular flexibility index (Phi) is 4.55. The van der Waals surface area contributed by atoms with Gasteiger partial charge in [0.1, 0.15) is 11.6 Å². The van der Waals surface area contributed by atoms with Gasteiger partial charge in [-0.15, -0.1) is 0 Å². The lowest BCUT2D eigenvalue weighted by atomic mass is 9.99. The first-order valence-corrected chi connectivity index (χ1v) is 9.16. The van der Waals surface area contributed by atoms with E-state index in [0.717, 1.165) is 36.5 Å². The predicted molar refractivity (Wildman–Crippen MR) is 91.4 cm³/mol. The molecule has 4 rings (SSSR count). The van der Waals surface area contributed by atoms with Crippen LogP contribution in [0.2, 0.25) is 0 Å². The van der Waals surface area contributed by atoms with Crippen molar-refractivity contribution in [3.63, 3.8) is 0 Å². The Morgan fingerprint density at radius 2 is 2.00 bits per heavy atom. The van der Waals surface area contributed by atoms with Crippen molar-refractivity contribution in [1.82, 2.24) is 14.5 Å². The fourth-order valence-corrected chi connectivity index (χ4v) is 3.89. The normalized spacial score (nSPS) is 19.6. The van der Waals surface area contributed by atoms with Gasteiger partial charge in [-0.1, -0.05) is 6.07 Å². The highest BCUT2D eigenvalue weighted by Gasteiger charge is 2.37. The summed E-state index contributed by atoms with van der Waals surface area (Å²) in [4.78, 5) is 17.4. The van der Waals surface area contributed by atoms with E-state index in [-0.39, 0.29) is 6.42 Å². The van der Waals surface area contributed by atoms with E-state index >= 15 is 0 Å². The summed E-state index contributed by atoms with van der Waals surface area (Å²) in [5, 5.41) is 9.54. The van der Waals surface area contributed by atoms with Crippen LogP contribution in [0, 0.1) is 5.82 Å². The van der Waals surface area contributed by atoms with Gasteiger partial charge in [-0.05, 0) is 43.4 Å². The maximum absolute atomic E-state index is 13.5. The van der Waals surface area contributed by atoms with Gasteiger partial charge in [-0.2, -0.15) is 13.2 Å². The molecular weight excluding hydrogens is 378 g/mol. The molecule has 2 aromatic rings. The molecule has 150 valence electrons. The molecule has 1 aliphatic carbocycles. The monoisotopic (exact) mass is 397 g/mol. The second-order valence-electron chi connectivity index (χ2n) is 7.31. The Balaban J connectivity index is 1.58. The summed E-state index contributed by atoms with van der Waals surface area (Å²) in [7, 11) is 0. The van der Waals surface area contributed by atoms with E-state index in [1.165, 1.54) is 11.0 Å². The van der Waals surface area contributed by atoms with E-state index in [1.54, 1.807) is 6.20 Å². The summed E-state index contributed by atoms with van der Waals surface area (Å²) in [6.07, 6.45) is -1.53. The van der Waals surface area contributed by atoms with Gasteiger partial charge in [-0.25, -0.2) is 14.2 Å². The Labute approximate surface area is 158 Å². The van der Waals surface area contributed by atoms with Crippen LogP contribution in [0.15, 0.2) is 24.4 Å². The topological polar surface area (TPSA) is 58.4 Å². The van der Waals surface area contributed by atoms with Gasteiger partial charge in [0.05, 0.1) is 23.5 Å². The van der Waals surface area contributed by atoms with Crippen LogP contribution in [0.4, 0.5) is 22.4 Å². The van der Waals surface area contributed by atoms with Gasteiger partial charge in [0, 0.05) is 19.0 Å². The van der Waals surface area contributed by atoms with Gasteiger partial charge in [-0.3, -0.25) is 4.90 Å². The van der Waals surface area contributed by atoms with Crippen LogP contribution >= 0.6 is 0 Å². The first-order valence-electron chi connectivity index (χ1n) is 9.16. The van der Waals surface area contributed by atoms with E-state index in [4.69, 9.17) is 0 Å². The zero-order valence-corrected chi connectivity index (χ0v) is 14.9. The van der Waals surface area contributed by atoms with E-state index < -0.39 is 29.7 Å². The lowest BCUT2D eigenvalue weighted by Crippen LogP contribution is -2.41. The molecule has 9 heteroatoms. The molecular formula is C19H19F4N3O2. The van der Waals surface area contributed by atoms with Crippen molar-refractivity contribution in [3.05, 3.63) is 52.9 Å². The standard InChI is InChI=1S/C19H19F4N3O2/c20-14-5-1-11(9-13(14)19(21,22)23)2-6-15-16-10-24-17(12-3-4-12)25(16)7-8-26(15)18(27)28/h1,5,9-10,12,15H,2-4,6-8H2,(H,27,28). The Morgan fingerprint density at radius 1 is 1.25 bits per heavy atom. The number of carbonyl (C=O) groups is 1. The smallest absolute Gasteiger partial charge is 0.419 e. The molecule has 2 heterocycles. The maximum atomic E-state index is 13.5. The quantitative estimate of drug-likeness (QED) is 0.768. The van der Waals surface area contributed by atoms with Crippen molar-refractivity contribution in [3.8, 4) is 0 Å². The maximum Gasteiger partial charge on any atom is 0.419 e. The summed E-state index contributed by atoms with van der Waals surface area (Å²) in [6, 6.07) is 2.43. The summed E-state index contributed by atoms with van der Waals surface area (Å²) in [6.45, 7) is 0.832. The fraction of sp³-hybridized carbons (Fsp3) is 0.474. The Bertz CT molecular complexity index is 905. The molecule has 1 aromatic heterocycles. The first kappa shape index (κ1) is 18.8. The minimum Gasteiger partial charge on any atom is -0.465 e. The van der Waals surface area contributed by atoms with E-state index in [9.17, 15) is 27.5 Å². The number of hydrogen-bond donors (Lipinski definition) is 1. The number of hydrogen-bond acceptors (Lipinski definition) is 2. The highest BCUT2D eigenvalue weighted by atomic mass is 19.4. The number of amides is 1. The SMILES string of the molecule is O=C(O)N1CCn2c(cnc2C2CC2)C1CCc1ccc(F)c(C(F)(F)F)c1. The van der Waals surface area contributed by atoms with Crippen LogP contribution in [0.1, 0.15) is 53.9 Å². The Hall–Kier alpha value is -2.58. The van der Waals surface area contributed by atoms with Gasteiger partial charge in [0.15, 0.2) is 0 Å². The molecule has 0 saturated heterocycles. The number of carboxylic acid groups (broad SMARTS) is 1. The number of aromatic nitrogens is 2. The van der Waals surface area contributed by atoms with Crippen LogP contribution in [0.25, 0.3) is 0 Å².